The monoisotopic (exact) mass is 368 g/mol. The molecule has 4 aliphatic carbocycles. The van der Waals surface area contributed by atoms with Crippen LogP contribution in [0, 0.1) is 40.4 Å². The van der Waals surface area contributed by atoms with Gasteiger partial charge in [0, 0.05) is 12.3 Å². The maximum Gasteiger partial charge on any atom is 0.302 e. The molecule has 0 aliphatic heterocycles. The predicted octanol–water partition coefficient (Wildman–Crippen LogP) is 4.89. The molecule has 0 radical (unpaired) electrons. The number of ketones is 1. The maximum absolute atomic E-state index is 11.8. The molecule has 0 spiro atoms. The number of fused-ring (bicyclic) bond motifs is 5. The molecular formula is C24H32O3. The standard InChI is InChI=1S/C24H32O3/c1-15(14-27-16(2)25)20-7-8-21-19-6-5-17-13-18(26)9-11-23(17,3)22(19)10-12-24(20,21)4/h5-6,9,11,13,15,19-22H,7-8,10,12,14H2,1-4H3/t15-,19+,20-,21+,22+,23+,24-/m1/s1. The molecule has 0 saturated heterocycles. The van der Waals surface area contributed by atoms with Crippen molar-refractivity contribution in [2.75, 3.05) is 6.61 Å². The fourth-order valence-electron chi connectivity index (χ4n) is 6.99. The highest BCUT2D eigenvalue weighted by atomic mass is 16.5. The molecule has 0 amide bonds. The highest BCUT2D eigenvalue weighted by Crippen LogP contribution is 2.65. The first-order valence-corrected chi connectivity index (χ1v) is 10.5. The van der Waals surface area contributed by atoms with Gasteiger partial charge in [0.1, 0.15) is 0 Å². The molecule has 3 nitrogen and oxygen atoms in total. The Bertz CT molecular complexity index is 745. The molecule has 0 unspecified atom stereocenters. The summed E-state index contributed by atoms with van der Waals surface area (Å²) >= 11 is 0. The van der Waals surface area contributed by atoms with Crippen LogP contribution >= 0.6 is 0 Å². The van der Waals surface area contributed by atoms with Gasteiger partial charge in [0.05, 0.1) is 6.61 Å². The van der Waals surface area contributed by atoms with Gasteiger partial charge in [-0.15, -0.1) is 0 Å². The smallest absolute Gasteiger partial charge is 0.302 e. The van der Waals surface area contributed by atoms with Crippen molar-refractivity contribution < 1.29 is 14.3 Å². The van der Waals surface area contributed by atoms with Crippen molar-refractivity contribution in [1.82, 2.24) is 0 Å². The van der Waals surface area contributed by atoms with Gasteiger partial charge in [-0.05, 0) is 78.4 Å². The van der Waals surface area contributed by atoms with Gasteiger partial charge in [-0.1, -0.05) is 39.0 Å². The van der Waals surface area contributed by atoms with Crippen molar-refractivity contribution in [3.63, 3.8) is 0 Å². The number of hydrogen-bond donors (Lipinski definition) is 0. The molecule has 0 N–H and O–H groups in total. The summed E-state index contributed by atoms with van der Waals surface area (Å²) in [5.74, 6) is 2.81. The fraction of sp³-hybridized carbons (Fsp3) is 0.667. The van der Waals surface area contributed by atoms with Gasteiger partial charge in [0.25, 0.3) is 0 Å². The minimum atomic E-state index is -0.175. The van der Waals surface area contributed by atoms with Crippen LogP contribution in [0.3, 0.4) is 0 Å². The first kappa shape index (κ1) is 18.7. The first-order chi connectivity index (χ1) is 12.8. The van der Waals surface area contributed by atoms with Crippen LogP contribution in [-0.4, -0.2) is 18.4 Å². The lowest BCUT2D eigenvalue weighted by atomic mass is 9.49. The van der Waals surface area contributed by atoms with Crippen LogP contribution in [0.2, 0.25) is 0 Å². The zero-order chi connectivity index (χ0) is 19.4. The number of carbonyl (C=O) groups is 2. The molecule has 146 valence electrons. The average Bonchev–Trinajstić information content (AvgIpc) is 2.97. The van der Waals surface area contributed by atoms with Gasteiger partial charge >= 0.3 is 5.97 Å². The van der Waals surface area contributed by atoms with Crippen molar-refractivity contribution >= 4 is 11.8 Å². The van der Waals surface area contributed by atoms with E-state index in [1.54, 1.807) is 6.08 Å². The van der Waals surface area contributed by atoms with Gasteiger partial charge in [-0.2, -0.15) is 0 Å². The lowest BCUT2D eigenvalue weighted by Gasteiger charge is -2.55. The van der Waals surface area contributed by atoms with Crippen LogP contribution in [0.25, 0.3) is 0 Å². The molecule has 0 aromatic carbocycles. The third-order valence-electron chi connectivity index (χ3n) is 8.42. The van der Waals surface area contributed by atoms with E-state index in [1.165, 1.54) is 38.2 Å². The molecule has 2 fully saturated rings. The summed E-state index contributed by atoms with van der Waals surface area (Å²) in [6.07, 6.45) is 15.3. The number of rotatable bonds is 3. The maximum atomic E-state index is 11.8. The number of allylic oxidation sites excluding steroid dienone is 6. The topological polar surface area (TPSA) is 43.4 Å². The van der Waals surface area contributed by atoms with Gasteiger partial charge < -0.3 is 4.74 Å². The van der Waals surface area contributed by atoms with E-state index >= 15 is 0 Å². The van der Waals surface area contributed by atoms with Crippen molar-refractivity contribution in [1.29, 1.82) is 0 Å². The third-order valence-corrected chi connectivity index (χ3v) is 8.42. The minimum Gasteiger partial charge on any atom is -0.466 e. The van der Waals surface area contributed by atoms with E-state index < -0.39 is 0 Å². The summed E-state index contributed by atoms with van der Waals surface area (Å²) in [5.41, 5.74) is 1.50. The minimum absolute atomic E-state index is 0.00387. The highest BCUT2D eigenvalue weighted by molar-refractivity contribution is 6.01. The van der Waals surface area contributed by atoms with E-state index in [-0.39, 0.29) is 17.2 Å². The van der Waals surface area contributed by atoms with Crippen molar-refractivity contribution in [3.05, 3.63) is 36.0 Å². The van der Waals surface area contributed by atoms with Crippen LogP contribution in [0.1, 0.15) is 53.4 Å². The van der Waals surface area contributed by atoms with Gasteiger partial charge in [-0.3, -0.25) is 9.59 Å². The van der Waals surface area contributed by atoms with Crippen LogP contribution in [-0.2, 0) is 14.3 Å². The largest absolute Gasteiger partial charge is 0.466 e. The third kappa shape index (κ3) is 2.85. The summed E-state index contributed by atoms with van der Waals surface area (Å²) in [5, 5.41) is 0. The Balaban J connectivity index is 1.59. The highest BCUT2D eigenvalue weighted by Gasteiger charge is 2.58. The van der Waals surface area contributed by atoms with E-state index in [2.05, 4.69) is 39.0 Å². The number of carbonyl (C=O) groups excluding carboxylic acids is 2. The number of ether oxygens (including phenoxy) is 1. The molecule has 2 saturated carbocycles. The van der Waals surface area contributed by atoms with E-state index in [0.29, 0.717) is 41.6 Å². The molecular weight excluding hydrogens is 336 g/mol. The SMILES string of the molecule is CC(=O)OC[C@@H](C)[C@H]1CC[C@H]2[C@@H]3C=CC4=CC(=O)C=C[C@]4(C)[C@H]3CC[C@]12C. The van der Waals surface area contributed by atoms with Crippen molar-refractivity contribution in [2.45, 2.75) is 53.4 Å². The van der Waals surface area contributed by atoms with Gasteiger partial charge in [0.15, 0.2) is 5.78 Å². The van der Waals surface area contributed by atoms with Crippen molar-refractivity contribution in [3.8, 4) is 0 Å². The Morgan fingerprint density at radius 3 is 2.74 bits per heavy atom. The van der Waals surface area contributed by atoms with Crippen molar-refractivity contribution in [2.24, 2.45) is 40.4 Å². The van der Waals surface area contributed by atoms with Crippen LogP contribution in [0.4, 0.5) is 0 Å². The zero-order valence-electron chi connectivity index (χ0n) is 17.0. The molecule has 4 rings (SSSR count). The lowest BCUT2D eigenvalue weighted by Crippen LogP contribution is -2.48. The molecule has 0 heterocycles. The second kappa shape index (κ2) is 6.46. The molecule has 27 heavy (non-hydrogen) atoms. The normalized spacial score (nSPS) is 43.4. The quantitative estimate of drug-likeness (QED) is 0.667. The zero-order valence-corrected chi connectivity index (χ0v) is 17.0. The van der Waals surface area contributed by atoms with Gasteiger partial charge in [0.2, 0.25) is 0 Å². The Kier molecular flexibility index (Phi) is 4.48. The molecule has 0 aromatic heterocycles. The Labute approximate surface area is 162 Å². The van der Waals surface area contributed by atoms with E-state index in [4.69, 9.17) is 4.74 Å². The summed E-state index contributed by atoms with van der Waals surface area (Å²) in [7, 11) is 0. The number of hydrogen-bond acceptors (Lipinski definition) is 3. The van der Waals surface area contributed by atoms with Crippen LogP contribution in [0.15, 0.2) is 36.0 Å². The fourth-order valence-corrected chi connectivity index (χ4v) is 6.99. The summed E-state index contributed by atoms with van der Waals surface area (Å²) in [6.45, 7) is 9.10. The first-order valence-electron chi connectivity index (χ1n) is 10.5. The second-order valence-electron chi connectivity index (χ2n) is 9.78. The molecule has 0 aromatic rings. The Morgan fingerprint density at radius 2 is 2.00 bits per heavy atom. The molecule has 7 atom stereocenters. The summed E-state index contributed by atoms with van der Waals surface area (Å²) in [6, 6.07) is 0. The summed E-state index contributed by atoms with van der Waals surface area (Å²) in [4.78, 5) is 23.1. The Morgan fingerprint density at radius 1 is 1.22 bits per heavy atom. The predicted molar refractivity (Wildman–Crippen MR) is 106 cm³/mol. The van der Waals surface area contributed by atoms with Gasteiger partial charge in [-0.25, -0.2) is 0 Å². The lowest BCUT2D eigenvalue weighted by molar-refractivity contribution is -0.143. The molecule has 0 bridgehead atoms. The van der Waals surface area contributed by atoms with E-state index in [9.17, 15) is 9.59 Å². The number of esters is 1. The summed E-state index contributed by atoms with van der Waals surface area (Å²) < 4.78 is 5.34. The van der Waals surface area contributed by atoms with E-state index in [0.717, 1.165) is 0 Å². The molecule has 4 aliphatic rings. The second-order valence-corrected chi connectivity index (χ2v) is 9.78. The molecule has 3 heteroatoms. The average molecular weight is 369 g/mol. The van der Waals surface area contributed by atoms with E-state index in [1.807, 2.05) is 6.08 Å². The van der Waals surface area contributed by atoms with Crippen LogP contribution in [0.5, 0.6) is 0 Å². The Hall–Kier alpha value is -1.64. The van der Waals surface area contributed by atoms with Crippen LogP contribution < -0.4 is 0 Å².